The van der Waals surface area contributed by atoms with Crippen LogP contribution in [0.4, 0.5) is 5.69 Å². The molecule has 2 N–H and O–H groups in total. The molecule has 0 saturated heterocycles. The van der Waals surface area contributed by atoms with Crippen molar-refractivity contribution >= 4 is 21.6 Å². The molecule has 1 heterocycles. The Bertz CT molecular complexity index is 1010. The smallest absolute Gasteiger partial charge is 0.267 e. The molecule has 1 aromatic heterocycles. The van der Waals surface area contributed by atoms with Crippen LogP contribution in [0.2, 0.25) is 0 Å². The van der Waals surface area contributed by atoms with Crippen LogP contribution in [0.5, 0.6) is 0 Å². The minimum atomic E-state index is -3.79. The normalized spacial score (nSPS) is 23.0. The van der Waals surface area contributed by atoms with E-state index in [-0.39, 0.29) is 22.6 Å². The molecule has 0 atom stereocenters. The molecule has 4 rings (SSSR count). The third-order valence-electron chi connectivity index (χ3n) is 6.46. The lowest BCUT2D eigenvalue weighted by Crippen LogP contribution is -2.43. The van der Waals surface area contributed by atoms with Crippen molar-refractivity contribution < 1.29 is 17.7 Å². The van der Waals surface area contributed by atoms with Crippen LogP contribution in [-0.4, -0.2) is 25.5 Å². The second-order valence-electron chi connectivity index (χ2n) is 8.85. The molecule has 0 spiro atoms. The number of hydrogen-bond acceptors (Lipinski definition) is 5. The Balaban J connectivity index is 1.45. The number of benzene rings is 1. The van der Waals surface area contributed by atoms with Gasteiger partial charge in [-0.2, -0.15) is 0 Å². The molecule has 2 fully saturated rings. The first kappa shape index (κ1) is 20.9. The van der Waals surface area contributed by atoms with Gasteiger partial charge in [-0.1, -0.05) is 24.2 Å². The van der Waals surface area contributed by atoms with Crippen LogP contribution in [0.3, 0.4) is 0 Å². The average molecular weight is 432 g/mol. The van der Waals surface area contributed by atoms with Gasteiger partial charge in [0, 0.05) is 11.7 Å². The fourth-order valence-electron chi connectivity index (χ4n) is 4.42. The number of anilines is 1. The maximum atomic E-state index is 13.0. The lowest BCUT2D eigenvalue weighted by atomic mass is 9.86. The van der Waals surface area contributed by atoms with Gasteiger partial charge in [0.15, 0.2) is 10.7 Å². The monoisotopic (exact) mass is 431 g/mol. The summed E-state index contributed by atoms with van der Waals surface area (Å²) in [6.45, 7) is 5.43. The highest BCUT2D eigenvalue weighted by atomic mass is 32.2. The van der Waals surface area contributed by atoms with E-state index >= 15 is 0 Å². The predicted octanol–water partition coefficient (Wildman–Crippen LogP) is 3.82. The highest BCUT2D eigenvalue weighted by Crippen LogP contribution is 2.49. The van der Waals surface area contributed by atoms with E-state index in [2.05, 4.69) is 22.1 Å². The quantitative estimate of drug-likeness (QED) is 0.724. The summed E-state index contributed by atoms with van der Waals surface area (Å²) >= 11 is 0. The highest BCUT2D eigenvalue weighted by molar-refractivity contribution is 7.92. The molecule has 30 heavy (non-hydrogen) atoms. The van der Waals surface area contributed by atoms with Gasteiger partial charge in [-0.05, 0) is 76.0 Å². The minimum absolute atomic E-state index is 0.0615. The SMILES string of the molecule is Cc1noc(C)c1S(=O)(=O)Nc1ccc(C2(C(=O)NC3CCC(C)CC3)CC2)cc1. The number of carbonyl (C=O) groups excluding carboxylic acids is 1. The molecule has 0 radical (unpaired) electrons. The maximum absolute atomic E-state index is 13.0. The van der Waals surface area contributed by atoms with Crippen molar-refractivity contribution in [2.75, 3.05) is 4.72 Å². The third kappa shape index (κ3) is 3.97. The summed E-state index contributed by atoms with van der Waals surface area (Å²) < 4.78 is 32.9. The zero-order valence-corrected chi connectivity index (χ0v) is 18.5. The Morgan fingerprint density at radius 2 is 1.73 bits per heavy atom. The highest BCUT2D eigenvalue weighted by Gasteiger charge is 2.51. The number of rotatable bonds is 6. The van der Waals surface area contributed by atoms with Crippen LogP contribution in [-0.2, 0) is 20.2 Å². The number of hydrogen-bond donors (Lipinski definition) is 2. The molecular weight excluding hydrogens is 402 g/mol. The summed E-state index contributed by atoms with van der Waals surface area (Å²) in [5, 5.41) is 6.97. The largest absolute Gasteiger partial charge is 0.360 e. The van der Waals surface area contributed by atoms with Crippen molar-refractivity contribution in [2.45, 2.75) is 75.6 Å². The fourth-order valence-corrected chi connectivity index (χ4v) is 5.81. The standard InChI is InChI=1S/C22H29N3O4S/c1-14-4-8-18(9-5-14)23-21(26)22(12-13-22)17-6-10-19(11-7-17)25-30(27,28)20-15(2)24-29-16(20)3/h6-7,10-11,14,18,25H,4-5,8-9,12-13H2,1-3H3,(H,23,26). The molecule has 1 aromatic carbocycles. The zero-order chi connectivity index (χ0) is 21.5. The van der Waals surface area contributed by atoms with E-state index in [9.17, 15) is 13.2 Å². The topological polar surface area (TPSA) is 101 Å². The number of aryl methyl sites for hydroxylation is 2. The fraction of sp³-hybridized carbons (Fsp3) is 0.545. The first-order valence-corrected chi connectivity index (χ1v) is 12.1. The molecule has 2 aliphatic rings. The van der Waals surface area contributed by atoms with Gasteiger partial charge >= 0.3 is 0 Å². The Morgan fingerprint density at radius 1 is 1.10 bits per heavy atom. The number of sulfonamides is 1. The number of nitrogens with zero attached hydrogens (tertiary/aromatic N) is 1. The van der Waals surface area contributed by atoms with E-state index in [4.69, 9.17) is 4.52 Å². The molecule has 2 aliphatic carbocycles. The van der Waals surface area contributed by atoms with Gasteiger partial charge < -0.3 is 9.84 Å². The summed E-state index contributed by atoms with van der Waals surface area (Å²) in [5.74, 6) is 1.10. The molecule has 0 unspecified atom stereocenters. The first-order valence-electron chi connectivity index (χ1n) is 10.6. The summed E-state index contributed by atoms with van der Waals surface area (Å²) in [4.78, 5) is 13.0. The Hall–Kier alpha value is -2.35. The maximum Gasteiger partial charge on any atom is 0.267 e. The van der Waals surface area contributed by atoms with Gasteiger partial charge in [-0.25, -0.2) is 8.42 Å². The van der Waals surface area contributed by atoms with Crippen LogP contribution >= 0.6 is 0 Å². The molecule has 0 bridgehead atoms. The van der Waals surface area contributed by atoms with Crippen molar-refractivity contribution in [1.82, 2.24) is 10.5 Å². The van der Waals surface area contributed by atoms with Crippen LogP contribution in [0.25, 0.3) is 0 Å². The van der Waals surface area contributed by atoms with Gasteiger partial charge in [0.25, 0.3) is 10.0 Å². The molecule has 2 aromatic rings. The molecule has 0 aliphatic heterocycles. The van der Waals surface area contributed by atoms with Crippen molar-refractivity contribution in [1.29, 1.82) is 0 Å². The molecule has 1 amide bonds. The van der Waals surface area contributed by atoms with E-state index in [1.165, 1.54) is 0 Å². The van der Waals surface area contributed by atoms with E-state index in [0.29, 0.717) is 11.4 Å². The lowest BCUT2D eigenvalue weighted by Gasteiger charge is -2.28. The van der Waals surface area contributed by atoms with Crippen molar-refractivity contribution in [3.8, 4) is 0 Å². The average Bonchev–Trinajstić information content (AvgIpc) is 3.43. The number of amides is 1. The van der Waals surface area contributed by atoms with E-state index in [0.717, 1.165) is 50.0 Å². The second kappa shape index (κ2) is 7.72. The number of nitrogens with one attached hydrogen (secondary N) is 2. The van der Waals surface area contributed by atoms with Gasteiger partial charge in [0.1, 0.15) is 5.69 Å². The summed E-state index contributed by atoms with van der Waals surface area (Å²) in [6, 6.07) is 7.38. The zero-order valence-electron chi connectivity index (χ0n) is 17.7. The van der Waals surface area contributed by atoms with Crippen molar-refractivity contribution in [3.63, 3.8) is 0 Å². The predicted molar refractivity (Wildman–Crippen MR) is 114 cm³/mol. The molecular formula is C22H29N3O4S. The summed E-state index contributed by atoms with van der Waals surface area (Å²) in [6.07, 6.45) is 6.07. The Kier molecular flexibility index (Phi) is 5.38. The summed E-state index contributed by atoms with van der Waals surface area (Å²) in [5.41, 5.74) is 1.23. The second-order valence-corrected chi connectivity index (χ2v) is 10.5. The van der Waals surface area contributed by atoms with Gasteiger partial charge in [0.2, 0.25) is 5.91 Å². The van der Waals surface area contributed by atoms with Gasteiger partial charge in [-0.15, -0.1) is 0 Å². The van der Waals surface area contributed by atoms with Crippen LogP contribution in [0.1, 0.15) is 62.5 Å². The molecule has 8 heteroatoms. The summed E-state index contributed by atoms with van der Waals surface area (Å²) in [7, 11) is -3.79. The van der Waals surface area contributed by atoms with E-state index in [1.54, 1.807) is 26.0 Å². The molecule has 7 nitrogen and oxygen atoms in total. The minimum Gasteiger partial charge on any atom is -0.360 e. The third-order valence-corrected chi connectivity index (χ3v) is 8.09. The van der Waals surface area contributed by atoms with Gasteiger partial charge in [0.05, 0.1) is 5.41 Å². The van der Waals surface area contributed by atoms with Crippen LogP contribution in [0, 0.1) is 19.8 Å². The number of aromatic nitrogens is 1. The molecule has 162 valence electrons. The van der Waals surface area contributed by atoms with E-state index < -0.39 is 15.4 Å². The van der Waals surface area contributed by atoms with Gasteiger partial charge in [-0.3, -0.25) is 9.52 Å². The first-order chi connectivity index (χ1) is 14.2. The van der Waals surface area contributed by atoms with Crippen molar-refractivity contribution in [3.05, 3.63) is 41.3 Å². The molecule has 2 saturated carbocycles. The van der Waals surface area contributed by atoms with Crippen LogP contribution < -0.4 is 10.0 Å². The lowest BCUT2D eigenvalue weighted by molar-refractivity contribution is -0.124. The Morgan fingerprint density at radius 3 is 2.27 bits per heavy atom. The van der Waals surface area contributed by atoms with Crippen molar-refractivity contribution in [2.24, 2.45) is 5.92 Å². The Labute approximate surface area is 177 Å². The van der Waals surface area contributed by atoms with E-state index in [1.807, 2.05) is 12.1 Å². The number of carbonyl (C=O) groups is 1. The van der Waals surface area contributed by atoms with Crippen LogP contribution in [0.15, 0.2) is 33.7 Å².